The van der Waals surface area contributed by atoms with E-state index in [2.05, 4.69) is 17.1 Å². The van der Waals surface area contributed by atoms with Crippen molar-refractivity contribution in [3.63, 3.8) is 0 Å². The van der Waals surface area contributed by atoms with Gasteiger partial charge in [-0.15, -0.1) is 0 Å². The van der Waals surface area contributed by atoms with Gasteiger partial charge in [0.05, 0.1) is 0 Å². The van der Waals surface area contributed by atoms with Gasteiger partial charge in [-0.1, -0.05) is 6.92 Å². The summed E-state index contributed by atoms with van der Waals surface area (Å²) in [4.78, 5) is 14.2. The Labute approximate surface area is 119 Å². The number of anilines is 1. The molecule has 3 nitrogen and oxygen atoms in total. The van der Waals surface area contributed by atoms with E-state index in [1.54, 1.807) is 0 Å². The number of carbonyl (C=O) groups excluding carboxylic acids is 1. The first-order valence-electron chi connectivity index (χ1n) is 7.44. The molecule has 0 radical (unpaired) electrons. The average molecular weight is 276 g/mol. The minimum absolute atomic E-state index is 0.200. The Balaban J connectivity index is 1.49. The second-order valence-corrected chi connectivity index (χ2v) is 6.07. The van der Waals surface area contributed by atoms with E-state index in [1.807, 2.05) is 12.1 Å². The second kappa shape index (κ2) is 5.43. The smallest absolute Gasteiger partial charge is 0.223 e. The predicted molar refractivity (Wildman–Crippen MR) is 77.0 cm³/mol. The van der Waals surface area contributed by atoms with E-state index in [0.717, 1.165) is 38.0 Å². The van der Waals surface area contributed by atoms with Crippen LogP contribution in [0.2, 0.25) is 0 Å². The van der Waals surface area contributed by atoms with Crippen LogP contribution in [0.1, 0.15) is 26.2 Å². The summed E-state index contributed by atoms with van der Waals surface area (Å²) < 4.78 is 12.9. The Morgan fingerprint density at radius 1 is 1.25 bits per heavy atom. The molecule has 1 aromatic carbocycles. The monoisotopic (exact) mass is 276 g/mol. The molecule has 3 rings (SSSR count). The fourth-order valence-electron chi connectivity index (χ4n) is 2.93. The lowest BCUT2D eigenvalue weighted by atomic mass is 10.0. The molecule has 1 saturated carbocycles. The van der Waals surface area contributed by atoms with Crippen LogP contribution in [-0.4, -0.2) is 25.0 Å². The molecule has 0 unspecified atom stereocenters. The van der Waals surface area contributed by atoms with Crippen LogP contribution in [0.25, 0.3) is 0 Å². The molecule has 108 valence electrons. The molecule has 2 fully saturated rings. The Kier molecular flexibility index (Phi) is 3.64. The molecule has 4 heteroatoms. The van der Waals surface area contributed by atoms with Crippen LogP contribution in [-0.2, 0) is 4.79 Å². The molecule has 1 aliphatic carbocycles. The highest BCUT2D eigenvalue weighted by Gasteiger charge is 2.39. The molecule has 0 spiro atoms. The maximum Gasteiger partial charge on any atom is 0.223 e. The molecule has 1 aliphatic heterocycles. The topological polar surface area (TPSA) is 32.3 Å². The molecule has 2 aliphatic rings. The first kappa shape index (κ1) is 13.4. The van der Waals surface area contributed by atoms with Crippen molar-refractivity contribution in [1.29, 1.82) is 0 Å². The van der Waals surface area contributed by atoms with Crippen molar-refractivity contribution in [3.8, 4) is 0 Å². The minimum Gasteiger partial charge on any atom is -0.371 e. The summed E-state index contributed by atoms with van der Waals surface area (Å²) in [6.45, 7) is 3.95. The zero-order chi connectivity index (χ0) is 14.1. The highest BCUT2D eigenvalue weighted by molar-refractivity contribution is 5.81. The number of nitrogens with zero attached hydrogens (tertiary/aromatic N) is 1. The summed E-state index contributed by atoms with van der Waals surface area (Å²) in [5, 5.41) is 3.17. The molecule has 2 atom stereocenters. The lowest BCUT2D eigenvalue weighted by molar-refractivity contribution is -0.123. The third kappa shape index (κ3) is 2.94. The Morgan fingerprint density at radius 2 is 1.85 bits per heavy atom. The number of nitrogens with one attached hydrogen (secondary N) is 1. The second-order valence-electron chi connectivity index (χ2n) is 6.07. The van der Waals surface area contributed by atoms with E-state index in [9.17, 15) is 9.18 Å². The lowest BCUT2D eigenvalue weighted by Crippen LogP contribution is -2.45. The highest BCUT2D eigenvalue weighted by atomic mass is 19.1. The first-order chi connectivity index (χ1) is 9.63. The van der Waals surface area contributed by atoms with Crippen LogP contribution >= 0.6 is 0 Å². The fourth-order valence-corrected chi connectivity index (χ4v) is 2.93. The van der Waals surface area contributed by atoms with Gasteiger partial charge in [0.2, 0.25) is 5.91 Å². The molecular formula is C16H21FN2O. The molecule has 1 N–H and O–H groups in total. The van der Waals surface area contributed by atoms with Crippen LogP contribution in [0, 0.1) is 17.7 Å². The zero-order valence-electron chi connectivity index (χ0n) is 11.8. The Hall–Kier alpha value is -1.58. The van der Waals surface area contributed by atoms with Gasteiger partial charge in [-0.3, -0.25) is 4.79 Å². The maximum absolute atomic E-state index is 12.9. The molecule has 1 amide bonds. The van der Waals surface area contributed by atoms with Gasteiger partial charge in [0.1, 0.15) is 5.82 Å². The summed E-state index contributed by atoms with van der Waals surface area (Å²) >= 11 is 0. The number of piperidine rings is 1. The third-order valence-electron chi connectivity index (χ3n) is 4.48. The maximum atomic E-state index is 12.9. The van der Waals surface area contributed by atoms with Gasteiger partial charge >= 0.3 is 0 Å². The number of amides is 1. The summed E-state index contributed by atoms with van der Waals surface area (Å²) in [7, 11) is 0. The van der Waals surface area contributed by atoms with E-state index in [1.165, 1.54) is 12.1 Å². The van der Waals surface area contributed by atoms with Crippen molar-refractivity contribution in [2.24, 2.45) is 11.8 Å². The van der Waals surface area contributed by atoms with Gasteiger partial charge in [-0.05, 0) is 49.4 Å². The number of hydrogen-bond donors (Lipinski definition) is 1. The van der Waals surface area contributed by atoms with Crippen molar-refractivity contribution < 1.29 is 9.18 Å². The van der Waals surface area contributed by atoms with Crippen molar-refractivity contribution >= 4 is 11.6 Å². The van der Waals surface area contributed by atoms with Gasteiger partial charge in [0.25, 0.3) is 0 Å². The van der Waals surface area contributed by atoms with E-state index in [4.69, 9.17) is 0 Å². The number of carbonyl (C=O) groups is 1. The first-order valence-corrected chi connectivity index (χ1v) is 7.44. The third-order valence-corrected chi connectivity index (χ3v) is 4.48. The predicted octanol–water partition coefficient (Wildman–Crippen LogP) is 2.57. The SMILES string of the molecule is C[C@H]1C[C@@H]1C(=O)NC1CCN(c2ccc(F)cc2)CC1. The van der Waals surface area contributed by atoms with Crippen LogP contribution in [0.3, 0.4) is 0 Å². The van der Waals surface area contributed by atoms with Gasteiger partial charge in [-0.2, -0.15) is 0 Å². The summed E-state index contributed by atoms with van der Waals surface area (Å²) in [5.41, 5.74) is 1.06. The Morgan fingerprint density at radius 3 is 2.40 bits per heavy atom. The fraction of sp³-hybridized carbons (Fsp3) is 0.562. The zero-order valence-corrected chi connectivity index (χ0v) is 11.8. The normalized spacial score (nSPS) is 26.4. The van der Waals surface area contributed by atoms with Crippen molar-refractivity contribution in [1.82, 2.24) is 5.32 Å². The minimum atomic E-state index is -0.200. The molecule has 20 heavy (non-hydrogen) atoms. The average Bonchev–Trinajstić information content (AvgIpc) is 3.18. The summed E-state index contributed by atoms with van der Waals surface area (Å²) in [5.74, 6) is 0.853. The number of halogens is 1. The molecule has 1 aromatic rings. The highest BCUT2D eigenvalue weighted by Crippen LogP contribution is 2.37. The number of benzene rings is 1. The quantitative estimate of drug-likeness (QED) is 0.920. The van der Waals surface area contributed by atoms with Crippen LogP contribution < -0.4 is 10.2 Å². The van der Waals surface area contributed by atoms with Gasteiger partial charge < -0.3 is 10.2 Å². The Bertz CT molecular complexity index is 480. The van der Waals surface area contributed by atoms with Crippen LogP contribution in [0.4, 0.5) is 10.1 Å². The van der Waals surface area contributed by atoms with Gasteiger partial charge in [0.15, 0.2) is 0 Å². The van der Waals surface area contributed by atoms with Crippen molar-refractivity contribution in [3.05, 3.63) is 30.1 Å². The van der Waals surface area contributed by atoms with E-state index in [-0.39, 0.29) is 17.6 Å². The van der Waals surface area contributed by atoms with E-state index < -0.39 is 0 Å². The molecule has 1 heterocycles. The number of rotatable bonds is 3. The summed E-state index contributed by atoms with van der Waals surface area (Å²) in [6, 6.07) is 6.93. The van der Waals surface area contributed by atoms with Crippen LogP contribution in [0.15, 0.2) is 24.3 Å². The lowest BCUT2D eigenvalue weighted by Gasteiger charge is -2.34. The molecule has 0 aromatic heterocycles. The van der Waals surface area contributed by atoms with E-state index in [0.29, 0.717) is 12.0 Å². The number of hydrogen-bond acceptors (Lipinski definition) is 2. The molecule has 0 bridgehead atoms. The van der Waals surface area contributed by atoms with Gasteiger partial charge in [-0.25, -0.2) is 4.39 Å². The standard InChI is InChI=1S/C16H21FN2O/c1-11-10-15(11)16(20)18-13-6-8-19(9-7-13)14-4-2-12(17)3-5-14/h2-5,11,13,15H,6-10H2,1H3,(H,18,20)/t11-,15-/m0/s1. The molecular weight excluding hydrogens is 255 g/mol. The molecule has 1 saturated heterocycles. The largest absolute Gasteiger partial charge is 0.371 e. The van der Waals surface area contributed by atoms with Crippen molar-refractivity contribution in [2.45, 2.75) is 32.2 Å². The van der Waals surface area contributed by atoms with Gasteiger partial charge in [0, 0.05) is 30.7 Å². The van der Waals surface area contributed by atoms with E-state index >= 15 is 0 Å². The van der Waals surface area contributed by atoms with Crippen LogP contribution in [0.5, 0.6) is 0 Å². The van der Waals surface area contributed by atoms with Crippen molar-refractivity contribution in [2.75, 3.05) is 18.0 Å². The summed E-state index contributed by atoms with van der Waals surface area (Å²) in [6.07, 6.45) is 2.97.